The number of carbonyl (C=O) groups excluding carboxylic acids is 3. The highest BCUT2D eigenvalue weighted by atomic mass is 19.1. The van der Waals surface area contributed by atoms with Gasteiger partial charge in [0.2, 0.25) is 17.6 Å². The van der Waals surface area contributed by atoms with Crippen LogP contribution in [-0.4, -0.2) is 53.6 Å². The number of urea groups is 1. The van der Waals surface area contributed by atoms with Crippen molar-refractivity contribution in [3.8, 4) is 5.75 Å². The molecule has 4 rings (SSSR count). The lowest BCUT2D eigenvalue weighted by Gasteiger charge is -2.55. The minimum absolute atomic E-state index is 0.0927. The molecule has 7 N–H and O–H groups in total. The van der Waals surface area contributed by atoms with E-state index in [0.29, 0.717) is 0 Å². The van der Waals surface area contributed by atoms with Crippen LogP contribution in [0.15, 0.2) is 6.07 Å². The molecule has 3 aliphatic rings. The zero-order valence-electron chi connectivity index (χ0n) is 15.8. The van der Waals surface area contributed by atoms with E-state index in [4.69, 9.17) is 21.0 Å². The summed E-state index contributed by atoms with van der Waals surface area (Å²) < 4.78 is 21.1. The van der Waals surface area contributed by atoms with Gasteiger partial charge in [-0.1, -0.05) is 0 Å². The Morgan fingerprint density at radius 2 is 1.97 bits per heavy atom. The van der Waals surface area contributed by atoms with Crippen molar-refractivity contribution in [3.05, 3.63) is 23.0 Å². The highest BCUT2D eigenvalue weighted by Gasteiger charge is 2.63. The number of nitrogens with zero attached hydrogens (tertiary/aromatic N) is 1. The van der Waals surface area contributed by atoms with E-state index in [9.17, 15) is 14.4 Å². The Morgan fingerprint density at radius 1 is 1.34 bits per heavy atom. The number of morpholine rings is 1. The zero-order chi connectivity index (χ0) is 21.2. The summed E-state index contributed by atoms with van der Waals surface area (Å²) in [7, 11) is 0. The van der Waals surface area contributed by atoms with Gasteiger partial charge in [-0.3, -0.25) is 25.6 Å². The van der Waals surface area contributed by atoms with Crippen molar-refractivity contribution < 1.29 is 28.6 Å². The molecule has 3 aliphatic heterocycles. The van der Waals surface area contributed by atoms with E-state index in [1.165, 1.54) is 6.07 Å². The Morgan fingerprint density at radius 3 is 2.55 bits per heavy atom. The molecule has 1 spiro atoms. The maximum atomic E-state index is 15.3. The van der Waals surface area contributed by atoms with Gasteiger partial charge in [0.25, 0.3) is 0 Å². The Kier molecular flexibility index (Phi) is 4.05. The fraction of sp³-hybridized carbons (Fsp3) is 0.444. The van der Waals surface area contributed by atoms with Crippen molar-refractivity contribution in [1.29, 1.82) is 5.41 Å². The number of nitrogen functional groups attached to an aromatic ring is 1. The highest BCUT2D eigenvalue weighted by molar-refractivity contribution is 6.20. The monoisotopic (exact) mass is 406 g/mol. The molecule has 154 valence electrons. The molecule has 11 heteroatoms. The first kappa shape index (κ1) is 19.1. The minimum Gasteiger partial charge on any atom is -0.591 e. The number of nitrogens with two attached hydrogens (primary N) is 1. The molecular weight excluding hydrogens is 385 g/mol. The molecule has 10 nitrogen and oxygen atoms in total. The molecule has 0 bridgehead atoms. The number of hydrogen-bond acceptors (Lipinski definition) is 6. The number of barbiturate groups is 1. The fourth-order valence-electron chi connectivity index (χ4n) is 4.77. The van der Waals surface area contributed by atoms with Crippen LogP contribution in [0.1, 0.15) is 25.0 Å². The van der Waals surface area contributed by atoms with Crippen LogP contribution in [0.3, 0.4) is 0 Å². The van der Waals surface area contributed by atoms with E-state index in [0.717, 1.165) is 0 Å². The molecule has 29 heavy (non-hydrogen) atoms. The molecule has 4 amide bonds. The molecule has 2 saturated heterocycles. The topological polar surface area (TPSA) is 161 Å². The van der Waals surface area contributed by atoms with Gasteiger partial charge >= 0.3 is 11.8 Å². The standard InChI is InChI=1S/C18H20FN5O5/c1-6-5-24-11-8(3-9(14(20)21)12(25)10(11)19)4-18(13(24)7(2)29-6)15(26)22-17(28)23-16(18)27/h3,6-7,13,25H,4-5H2,1-2H3,(H3,20,21)(H2,22,23,26,27,28)/p+1/t6-,7+,13-/m1/s1. The van der Waals surface area contributed by atoms with Gasteiger partial charge in [-0.2, -0.15) is 4.39 Å². The molecular formula is C18H21FN5O5+. The van der Waals surface area contributed by atoms with Crippen molar-refractivity contribution in [1.82, 2.24) is 10.6 Å². The maximum Gasteiger partial charge on any atom is 0.328 e. The second-order valence-corrected chi connectivity index (χ2v) is 7.67. The number of halogens is 1. The van der Waals surface area contributed by atoms with Crippen LogP contribution >= 0.6 is 0 Å². The van der Waals surface area contributed by atoms with E-state index in [1.54, 1.807) is 18.7 Å². The van der Waals surface area contributed by atoms with Crippen molar-refractivity contribution >= 4 is 29.4 Å². The predicted octanol–water partition coefficient (Wildman–Crippen LogP) is -0.562. The Hall–Kier alpha value is -3.21. The highest BCUT2D eigenvalue weighted by Crippen LogP contribution is 2.49. The number of ether oxygens (including phenoxy) is 1. The van der Waals surface area contributed by atoms with Gasteiger partial charge in [-0.25, -0.2) is 4.79 Å². The number of amidine groups is 1. The van der Waals surface area contributed by atoms with Crippen molar-refractivity contribution in [3.63, 3.8) is 0 Å². The van der Waals surface area contributed by atoms with E-state index < -0.39 is 52.8 Å². The molecule has 1 aromatic carbocycles. The van der Waals surface area contributed by atoms with Crippen LogP contribution in [0.5, 0.6) is 5.75 Å². The third-order valence-electron chi connectivity index (χ3n) is 5.82. The lowest BCUT2D eigenvalue weighted by atomic mass is 9.66. The maximum absolute atomic E-state index is 15.3. The van der Waals surface area contributed by atoms with Crippen LogP contribution in [0.25, 0.3) is 0 Å². The van der Waals surface area contributed by atoms with Gasteiger partial charge in [-0.05, 0) is 25.5 Å². The molecule has 0 radical (unpaired) electrons. The van der Waals surface area contributed by atoms with E-state index in [-0.39, 0.29) is 35.9 Å². The third kappa shape index (κ3) is 2.50. The average molecular weight is 406 g/mol. The first-order chi connectivity index (χ1) is 13.6. The van der Waals surface area contributed by atoms with Gasteiger partial charge in [-0.15, -0.1) is 0 Å². The van der Waals surface area contributed by atoms with Crippen LogP contribution < -0.4 is 21.3 Å². The van der Waals surface area contributed by atoms with Crippen molar-refractivity contribution in [2.75, 3.05) is 11.4 Å². The summed E-state index contributed by atoms with van der Waals surface area (Å²) >= 11 is 0. The second kappa shape index (κ2) is 6.14. The van der Waals surface area contributed by atoms with Gasteiger partial charge in [0, 0.05) is 13.0 Å². The SMILES string of the molecule is C[C@@H]1CN2c3c(cc(C(=N)N)c([OH2+])c3F)CC3(C(=O)NC(=O)NC3=O)[C@H]2[C@H](C)O1. The zero-order valence-corrected chi connectivity index (χ0v) is 15.8. The quantitative estimate of drug-likeness (QED) is 0.212. The number of benzene rings is 1. The van der Waals surface area contributed by atoms with Crippen LogP contribution in [0.2, 0.25) is 0 Å². The Bertz CT molecular complexity index is 960. The van der Waals surface area contributed by atoms with Crippen LogP contribution in [-0.2, 0) is 20.7 Å². The summed E-state index contributed by atoms with van der Waals surface area (Å²) in [6.07, 6.45) is -1.20. The smallest absolute Gasteiger partial charge is 0.328 e. The molecule has 0 unspecified atom stereocenters. The lowest BCUT2D eigenvalue weighted by Crippen LogP contribution is -2.75. The summed E-state index contributed by atoms with van der Waals surface area (Å²) in [5.41, 5.74) is 3.98. The number of imide groups is 2. The van der Waals surface area contributed by atoms with Gasteiger partial charge in [0.05, 0.1) is 23.9 Å². The predicted molar refractivity (Wildman–Crippen MR) is 99.4 cm³/mol. The van der Waals surface area contributed by atoms with Crippen molar-refractivity contribution in [2.45, 2.75) is 38.5 Å². The van der Waals surface area contributed by atoms with Crippen LogP contribution in [0, 0.1) is 16.6 Å². The minimum atomic E-state index is -1.75. The normalized spacial score (nSPS) is 27.8. The second-order valence-electron chi connectivity index (χ2n) is 7.67. The first-order valence-corrected chi connectivity index (χ1v) is 9.08. The number of hydrogen-bond donors (Lipinski definition) is 4. The summed E-state index contributed by atoms with van der Waals surface area (Å²) in [6, 6.07) is -0.447. The largest absolute Gasteiger partial charge is 0.591 e. The van der Waals surface area contributed by atoms with E-state index in [1.807, 2.05) is 0 Å². The summed E-state index contributed by atoms with van der Waals surface area (Å²) in [5, 5.41) is 20.0. The number of nitrogens with one attached hydrogen (secondary N) is 3. The molecule has 2 fully saturated rings. The van der Waals surface area contributed by atoms with E-state index >= 15 is 4.39 Å². The first-order valence-electron chi connectivity index (χ1n) is 9.08. The van der Waals surface area contributed by atoms with Gasteiger partial charge in [0.1, 0.15) is 11.4 Å². The average Bonchev–Trinajstić information content (AvgIpc) is 2.61. The molecule has 3 atom stereocenters. The third-order valence-corrected chi connectivity index (χ3v) is 5.82. The van der Waals surface area contributed by atoms with Gasteiger partial charge < -0.3 is 20.5 Å². The van der Waals surface area contributed by atoms with Gasteiger partial charge in [0.15, 0.2) is 5.41 Å². The molecule has 0 aliphatic carbocycles. The molecule has 0 aromatic heterocycles. The van der Waals surface area contributed by atoms with Crippen molar-refractivity contribution in [2.24, 2.45) is 11.1 Å². The molecule has 1 aromatic rings. The van der Waals surface area contributed by atoms with Crippen LogP contribution in [0.4, 0.5) is 14.9 Å². The summed E-state index contributed by atoms with van der Waals surface area (Å²) in [5.74, 6) is -3.48. The molecule has 0 saturated carbocycles. The number of anilines is 1. The Balaban J connectivity index is 1.99. The summed E-state index contributed by atoms with van der Waals surface area (Å²) in [4.78, 5) is 39.2. The Labute approximate surface area is 164 Å². The van der Waals surface area contributed by atoms with E-state index in [2.05, 4.69) is 10.6 Å². The molecule has 3 heterocycles. The number of carbonyl (C=O) groups is 3. The fourth-order valence-corrected chi connectivity index (χ4v) is 4.77. The number of fused-ring (bicyclic) bond motifs is 4. The summed E-state index contributed by atoms with van der Waals surface area (Å²) in [6.45, 7) is 3.64. The number of amides is 4. The lowest BCUT2D eigenvalue weighted by molar-refractivity contribution is -0.153. The number of rotatable bonds is 1.